The van der Waals surface area contributed by atoms with E-state index < -0.39 is 0 Å². The van der Waals surface area contributed by atoms with Gasteiger partial charge in [-0.3, -0.25) is 0 Å². The van der Waals surface area contributed by atoms with Gasteiger partial charge in [-0.05, 0) is 19.5 Å². The second kappa shape index (κ2) is 4.11. The van der Waals surface area contributed by atoms with Crippen LogP contribution in [0.25, 0.3) is 0 Å². The fourth-order valence-electron chi connectivity index (χ4n) is 1.95. The van der Waals surface area contributed by atoms with Gasteiger partial charge in [0.1, 0.15) is 11.5 Å². The predicted molar refractivity (Wildman–Crippen MR) is 51.9 cm³/mol. The van der Waals surface area contributed by atoms with Crippen LogP contribution in [-0.4, -0.2) is 34.8 Å². The summed E-state index contributed by atoms with van der Waals surface area (Å²) in [5.41, 5.74) is 0.634. The van der Waals surface area contributed by atoms with Gasteiger partial charge in [-0.25, -0.2) is 0 Å². The SMILES string of the molecule is CCN1CCC(c2cc(CO)no2)C1. The number of likely N-dealkylation sites (N-methyl/N-ethyl adjacent to an activating group) is 1. The summed E-state index contributed by atoms with van der Waals surface area (Å²) in [7, 11) is 0. The number of aliphatic hydroxyl groups excluding tert-OH is 1. The molecule has 14 heavy (non-hydrogen) atoms. The fourth-order valence-corrected chi connectivity index (χ4v) is 1.95. The summed E-state index contributed by atoms with van der Waals surface area (Å²) in [5.74, 6) is 1.38. The first-order valence-electron chi connectivity index (χ1n) is 5.12. The number of hydrogen-bond acceptors (Lipinski definition) is 4. The van der Waals surface area contributed by atoms with E-state index in [1.807, 2.05) is 6.07 Å². The van der Waals surface area contributed by atoms with E-state index in [9.17, 15) is 0 Å². The Morgan fingerprint density at radius 3 is 3.14 bits per heavy atom. The molecular formula is C10H16N2O2. The van der Waals surface area contributed by atoms with E-state index in [4.69, 9.17) is 9.63 Å². The number of aliphatic hydroxyl groups is 1. The van der Waals surface area contributed by atoms with Gasteiger partial charge in [0.05, 0.1) is 6.61 Å². The van der Waals surface area contributed by atoms with Crippen molar-refractivity contribution in [2.24, 2.45) is 0 Å². The average molecular weight is 196 g/mol. The molecule has 1 fully saturated rings. The van der Waals surface area contributed by atoms with E-state index >= 15 is 0 Å². The Morgan fingerprint density at radius 1 is 1.71 bits per heavy atom. The van der Waals surface area contributed by atoms with E-state index in [-0.39, 0.29) is 6.61 Å². The topological polar surface area (TPSA) is 49.5 Å². The van der Waals surface area contributed by atoms with Gasteiger partial charge in [0.2, 0.25) is 0 Å². The van der Waals surface area contributed by atoms with Crippen molar-refractivity contribution in [3.63, 3.8) is 0 Å². The van der Waals surface area contributed by atoms with Crippen LogP contribution in [0, 0.1) is 0 Å². The monoisotopic (exact) mass is 196 g/mol. The largest absolute Gasteiger partial charge is 0.390 e. The lowest BCUT2D eigenvalue weighted by molar-refractivity contribution is 0.263. The van der Waals surface area contributed by atoms with E-state index in [0.717, 1.165) is 31.8 Å². The van der Waals surface area contributed by atoms with Crippen LogP contribution in [0.2, 0.25) is 0 Å². The van der Waals surface area contributed by atoms with Gasteiger partial charge < -0.3 is 14.5 Å². The zero-order chi connectivity index (χ0) is 9.97. The van der Waals surface area contributed by atoms with E-state index in [0.29, 0.717) is 11.6 Å². The Bertz CT molecular complexity index is 298. The summed E-state index contributed by atoms with van der Waals surface area (Å²) < 4.78 is 5.20. The van der Waals surface area contributed by atoms with Gasteiger partial charge in [0, 0.05) is 18.5 Å². The summed E-state index contributed by atoms with van der Waals surface area (Å²) in [4.78, 5) is 2.39. The second-order valence-corrected chi connectivity index (χ2v) is 3.76. The van der Waals surface area contributed by atoms with E-state index in [1.54, 1.807) is 0 Å². The lowest BCUT2D eigenvalue weighted by atomic mass is 10.1. The zero-order valence-corrected chi connectivity index (χ0v) is 8.44. The normalized spacial score (nSPS) is 23.1. The summed E-state index contributed by atoms with van der Waals surface area (Å²) in [5, 5.41) is 12.6. The third kappa shape index (κ3) is 1.81. The Labute approximate surface area is 83.5 Å². The minimum Gasteiger partial charge on any atom is -0.390 e. The van der Waals surface area contributed by atoms with Gasteiger partial charge in [0.15, 0.2) is 0 Å². The van der Waals surface area contributed by atoms with Gasteiger partial charge >= 0.3 is 0 Å². The smallest absolute Gasteiger partial charge is 0.141 e. The highest BCUT2D eigenvalue weighted by molar-refractivity contribution is 5.11. The van der Waals surface area contributed by atoms with Crippen LogP contribution >= 0.6 is 0 Å². The molecule has 4 nitrogen and oxygen atoms in total. The van der Waals surface area contributed by atoms with Crippen LogP contribution < -0.4 is 0 Å². The number of likely N-dealkylation sites (tertiary alicyclic amines) is 1. The predicted octanol–water partition coefficient (Wildman–Crippen LogP) is 0.976. The molecule has 1 unspecified atom stereocenters. The van der Waals surface area contributed by atoms with E-state index in [2.05, 4.69) is 17.0 Å². The third-order valence-electron chi connectivity index (χ3n) is 2.86. The number of hydrogen-bond donors (Lipinski definition) is 1. The first-order chi connectivity index (χ1) is 6.83. The molecule has 1 saturated heterocycles. The van der Waals surface area contributed by atoms with Gasteiger partial charge in [-0.2, -0.15) is 0 Å². The van der Waals surface area contributed by atoms with Crippen LogP contribution in [0.5, 0.6) is 0 Å². The van der Waals surface area contributed by atoms with Crippen LogP contribution in [-0.2, 0) is 6.61 Å². The molecule has 0 amide bonds. The average Bonchev–Trinajstić information content (AvgIpc) is 2.86. The second-order valence-electron chi connectivity index (χ2n) is 3.76. The van der Waals surface area contributed by atoms with Crippen molar-refractivity contribution in [3.05, 3.63) is 17.5 Å². The fraction of sp³-hybridized carbons (Fsp3) is 0.700. The molecule has 2 heterocycles. The number of aromatic nitrogens is 1. The zero-order valence-electron chi connectivity index (χ0n) is 8.44. The van der Waals surface area contributed by atoms with Crippen molar-refractivity contribution < 1.29 is 9.63 Å². The lowest BCUT2D eigenvalue weighted by Crippen LogP contribution is -2.19. The Morgan fingerprint density at radius 2 is 2.57 bits per heavy atom. The van der Waals surface area contributed by atoms with Gasteiger partial charge in [-0.15, -0.1) is 0 Å². The maximum Gasteiger partial charge on any atom is 0.141 e. The van der Waals surface area contributed by atoms with E-state index in [1.165, 1.54) is 0 Å². The molecule has 4 heteroatoms. The Kier molecular flexibility index (Phi) is 2.84. The molecule has 0 aliphatic carbocycles. The maximum atomic E-state index is 8.86. The standard InChI is InChI=1S/C10H16N2O2/c1-2-12-4-3-8(6-12)10-5-9(7-13)11-14-10/h5,8,13H,2-4,6-7H2,1H3. The van der Waals surface area contributed by atoms with Crippen LogP contribution in [0.1, 0.15) is 30.7 Å². The molecule has 1 aliphatic rings. The van der Waals surface area contributed by atoms with Crippen molar-refractivity contribution >= 4 is 0 Å². The number of nitrogens with zero attached hydrogens (tertiary/aromatic N) is 2. The molecule has 0 radical (unpaired) electrons. The van der Waals surface area contributed by atoms with Crippen LogP contribution in [0.15, 0.2) is 10.6 Å². The van der Waals surface area contributed by atoms with Crippen molar-refractivity contribution in [1.82, 2.24) is 10.1 Å². The van der Waals surface area contributed by atoms with Crippen LogP contribution in [0.3, 0.4) is 0 Å². The summed E-state index contributed by atoms with van der Waals surface area (Å²) in [6, 6.07) is 1.86. The molecule has 0 aromatic carbocycles. The summed E-state index contributed by atoms with van der Waals surface area (Å²) >= 11 is 0. The Balaban J connectivity index is 2.02. The molecule has 0 spiro atoms. The first kappa shape index (κ1) is 9.68. The minimum atomic E-state index is -0.0340. The molecular weight excluding hydrogens is 180 g/mol. The molecule has 0 saturated carbocycles. The van der Waals surface area contributed by atoms with Gasteiger partial charge in [0.25, 0.3) is 0 Å². The third-order valence-corrected chi connectivity index (χ3v) is 2.86. The molecule has 1 aromatic heterocycles. The van der Waals surface area contributed by atoms with Crippen molar-refractivity contribution in [1.29, 1.82) is 0 Å². The summed E-state index contributed by atoms with van der Waals surface area (Å²) in [6.45, 7) is 5.42. The van der Waals surface area contributed by atoms with Gasteiger partial charge in [-0.1, -0.05) is 12.1 Å². The van der Waals surface area contributed by atoms with Crippen LogP contribution in [0.4, 0.5) is 0 Å². The molecule has 0 bridgehead atoms. The molecule has 1 aromatic rings. The number of rotatable bonds is 3. The molecule has 1 atom stereocenters. The quantitative estimate of drug-likeness (QED) is 0.782. The lowest BCUT2D eigenvalue weighted by Gasteiger charge is -2.10. The van der Waals surface area contributed by atoms with Crippen molar-refractivity contribution in [2.75, 3.05) is 19.6 Å². The molecule has 2 rings (SSSR count). The van der Waals surface area contributed by atoms with Crippen molar-refractivity contribution in [2.45, 2.75) is 25.9 Å². The highest BCUT2D eigenvalue weighted by Gasteiger charge is 2.25. The highest BCUT2D eigenvalue weighted by atomic mass is 16.5. The molecule has 1 aliphatic heterocycles. The molecule has 1 N–H and O–H groups in total. The highest BCUT2D eigenvalue weighted by Crippen LogP contribution is 2.27. The first-order valence-corrected chi connectivity index (χ1v) is 5.12. The van der Waals surface area contributed by atoms with Crippen molar-refractivity contribution in [3.8, 4) is 0 Å². The maximum absolute atomic E-state index is 8.86. The Hall–Kier alpha value is -0.870. The minimum absolute atomic E-state index is 0.0340. The molecule has 78 valence electrons. The summed E-state index contributed by atoms with van der Waals surface area (Å²) in [6.07, 6.45) is 1.13.